The van der Waals surface area contributed by atoms with Crippen LogP contribution in [-0.2, 0) is 7.05 Å². The zero-order chi connectivity index (χ0) is 13.4. The van der Waals surface area contributed by atoms with Crippen molar-refractivity contribution in [1.29, 1.82) is 0 Å². The molecule has 2 aromatic rings. The average molecular weight is 314 g/mol. The van der Waals surface area contributed by atoms with E-state index >= 15 is 0 Å². The van der Waals surface area contributed by atoms with Crippen LogP contribution in [0.5, 0.6) is 5.75 Å². The fourth-order valence-corrected chi connectivity index (χ4v) is 2.39. The fourth-order valence-electron chi connectivity index (χ4n) is 1.88. The van der Waals surface area contributed by atoms with Crippen molar-refractivity contribution in [2.75, 3.05) is 12.8 Å². The Morgan fingerprint density at radius 1 is 1.50 bits per heavy atom. The van der Waals surface area contributed by atoms with Crippen molar-refractivity contribution in [2.24, 2.45) is 7.05 Å². The van der Waals surface area contributed by atoms with E-state index in [2.05, 4.69) is 21.0 Å². The Morgan fingerprint density at radius 2 is 2.17 bits per heavy atom. The summed E-state index contributed by atoms with van der Waals surface area (Å²) < 4.78 is 21.0. The minimum absolute atomic E-state index is 0.324. The molecule has 0 radical (unpaired) electrons. The summed E-state index contributed by atoms with van der Waals surface area (Å²) in [5, 5.41) is 4.06. The van der Waals surface area contributed by atoms with Crippen LogP contribution in [0.3, 0.4) is 0 Å². The maximum Gasteiger partial charge on any atom is 0.138 e. The lowest BCUT2D eigenvalue weighted by atomic mass is 10.0. The second-order valence-electron chi connectivity index (χ2n) is 3.96. The molecule has 1 aromatic carbocycles. The van der Waals surface area contributed by atoms with E-state index in [-0.39, 0.29) is 5.82 Å². The molecule has 2 rings (SSSR count). The largest absolute Gasteiger partial charge is 0.496 e. The van der Waals surface area contributed by atoms with E-state index in [1.165, 1.54) is 10.7 Å². The highest BCUT2D eigenvalue weighted by Gasteiger charge is 2.20. The third kappa shape index (κ3) is 1.86. The number of aryl methyl sites for hydroxylation is 2. The van der Waals surface area contributed by atoms with Gasteiger partial charge in [0.15, 0.2) is 0 Å². The van der Waals surface area contributed by atoms with Crippen LogP contribution in [0.25, 0.3) is 11.1 Å². The molecule has 18 heavy (non-hydrogen) atoms. The van der Waals surface area contributed by atoms with Crippen molar-refractivity contribution in [3.63, 3.8) is 0 Å². The van der Waals surface area contributed by atoms with E-state index in [9.17, 15) is 4.39 Å². The smallest absolute Gasteiger partial charge is 0.138 e. The first kappa shape index (κ1) is 12.9. The van der Waals surface area contributed by atoms with Crippen LogP contribution < -0.4 is 10.5 Å². The van der Waals surface area contributed by atoms with Crippen molar-refractivity contribution in [2.45, 2.75) is 6.92 Å². The minimum Gasteiger partial charge on any atom is -0.496 e. The number of nitrogens with two attached hydrogens (primary N) is 1. The summed E-state index contributed by atoms with van der Waals surface area (Å²) in [5.74, 6) is 0.688. The van der Waals surface area contributed by atoms with Crippen molar-refractivity contribution >= 4 is 21.7 Å². The van der Waals surface area contributed by atoms with Gasteiger partial charge in [0.25, 0.3) is 0 Å². The molecule has 0 saturated heterocycles. The summed E-state index contributed by atoms with van der Waals surface area (Å²) in [4.78, 5) is 0. The Hall–Kier alpha value is -1.56. The van der Waals surface area contributed by atoms with Crippen LogP contribution in [0.1, 0.15) is 5.56 Å². The molecule has 4 nitrogen and oxygen atoms in total. The third-order valence-electron chi connectivity index (χ3n) is 2.82. The normalized spacial score (nSPS) is 10.7. The second kappa shape index (κ2) is 4.61. The number of halogens is 2. The topological polar surface area (TPSA) is 53.1 Å². The maximum atomic E-state index is 13.8. The van der Waals surface area contributed by atoms with Crippen molar-refractivity contribution < 1.29 is 9.13 Å². The predicted octanol–water partition coefficient (Wildman–Crippen LogP) is 2.89. The molecular weight excluding hydrogens is 301 g/mol. The molecule has 0 aliphatic heterocycles. The molecule has 2 N–H and O–H groups in total. The van der Waals surface area contributed by atoms with E-state index in [1.807, 2.05) is 0 Å². The first-order valence-electron chi connectivity index (χ1n) is 5.27. The van der Waals surface area contributed by atoms with Crippen LogP contribution in [0.2, 0.25) is 0 Å². The molecule has 0 atom stereocenters. The molecule has 0 fully saturated rings. The Balaban J connectivity index is 2.81. The molecule has 0 spiro atoms. The summed E-state index contributed by atoms with van der Waals surface area (Å²) in [6.07, 6.45) is 1.59. The van der Waals surface area contributed by atoms with Gasteiger partial charge in [-0.2, -0.15) is 5.10 Å². The molecule has 96 valence electrons. The molecule has 0 unspecified atom stereocenters. The number of methoxy groups -OCH3 is 1. The van der Waals surface area contributed by atoms with Crippen molar-refractivity contribution in [3.8, 4) is 16.9 Å². The highest BCUT2D eigenvalue weighted by Crippen LogP contribution is 2.42. The Bertz CT molecular complexity index is 610. The van der Waals surface area contributed by atoms with Crippen molar-refractivity contribution in [3.05, 3.63) is 28.1 Å². The number of nitrogen functional groups attached to an aromatic ring is 1. The van der Waals surface area contributed by atoms with Crippen LogP contribution >= 0.6 is 15.9 Å². The second-order valence-corrected chi connectivity index (χ2v) is 4.76. The van der Waals surface area contributed by atoms with Crippen LogP contribution in [0.4, 0.5) is 10.2 Å². The molecule has 0 saturated carbocycles. The number of hydrogen-bond donors (Lipinski definition) is 1. The van der Waals surface area contributed by atoms with Gasteiger partial charge in [-0.05, 0) is 34.5 Å². The zero-order valence-electron chi connectivity index (χ0n) is 10.3. The number of ether oxygens (including phenoxy) is 1. The van der Waals surface area contributed by atoms with Gasteiger partial charge in [0, 0.05) is 18.2 Å². The van der Waals surface area contributed by atoms with E-state index in [4.69, 9.17) is 10.5 Å². The zero-order valence-corrected chi connectivity index (χ0v) is 11.9. The molecule has 1 heterocycles. The number of nitrogens with zero attached hydrogens (tertiary/aromatic N) is 2. The molecule has 0 aliphatic carbocycles. The maximum absolute atomic E-state index is 13.8. The lowest BCUT2D eigenvalue weighted by Crippen LogP contribution is -2.00. The lowest BCUT2D eigenvalue weighted by molar-refractivity contribution is 0.412. The number of hydrogen-bond acceptors (Lipinski definition) is 3. The average Bonchev–Trinajstić information content (AvgIpc) is 2.65. The van der Waals surface area contributed by atoms with Gasteiger partial charge < -0.3 is 10.5 Å². The Labute approximate surface area is 113 Å². The van der Waals surface area contributed by atoms with Gasteiger partial charge in [0.05, 0.1) is 17.8 Å². The summed E-state index contributed by atoms with van der Waals surface area (Å²) in [7, 11) is 3.27. The quantitative estimate of drug-likeness (QED) is 0.927. The van der Waals surface area contributed by atoms with Gasteiger partial charge in [-0.15, -0.1) is 0 Å². The van der Waals surface area contributed by atoms with Crippen LogP contribution in [0, 0.1) is 12.7 Å². The highest BCUT2D eigenvalue weighted by atomic mass is 79.9. The molecule has 6 heteroatoms. The summed E-state index contributed by atoms with van der Waals surface area (Å²) in [5.41, 5.74) is 7.86. The van der Waals surface area contributed by atoms with Gasteiger partial charge in [0.1, 0.15) is 17.4 Å². The number of anilines is 1. The van der Waals surface area contributed by atoms with Gasteiger partial charge in [0.2, 0.25) is 0 Å². The van der Waals surface area contributed by atoms with Gasteiger partial charge in [-0.25, -0.2) is 4.39 Å². The first-order chi connectivity index (χ1) is 8.47. The van der Waals surface area contributed by atoms with E-state index in [0.29, 0.717) is 32.7 Å². The van der Waals surface area contributed by atoms with Gasteiger partial charge in [-0.1, -0.05) is 0 Å². The molecular formula is C12H13BrFN3O. The van der Waals surface area contributed by atoms with E-state index < -0.39 is 0 Å². The van der Waals surface area contributed by atoms with Crippen LogP contribution in [0.15, 0.2) is 16.7 Å². The predicted molar refractivity (Wildman–Crippen MR) is 72.0 cm³/mol. The number of benzene rings is 1. The fraction of sp³-hybridized carbons (Fsp3) is 0.250. The summed E-state index contributed by atoms with van der Waals surface area (Å²) in [6, 6.07) is 1.42. The number of rotatable bonds is 2. The Kier molecular flexibility index (Phi) is 3.30. The van der Waals surface area contributed by atoms with E-state index in [0.717, 1.165) is 0 Å². The lowest BCUT2D eigenvalue weighted by Gasteiger charge is -2.13. The number of aromatic nitrogens is 2. The van der Waals surface area contributed by atoms with Gasteiger partial charge in [-0.3, -0.25) is 4.68 Å². The minimum atomic E-state index is -0.355. The van der Waals surface area contributed by atoms with Crippen molar-refractivity contribution in [1.82, 2.24) is 9.78 Å². The SMILES string of the molecule is COc1c(C)cc(F)c(Br)c1-c1cnn(C)c1N. The van der Waals surface area contributed by atoms with E-state index in [1.54, 1.807) is 27.3 Å². The third-order valence-corrected chi connectivity index (χ3v) is 3.59. The summed E-state index contributed by atoms with van der Waals surface area (Å²) >= 11 is 3.24. The Morgan fingerprint density at radius 3 is 2.67 bits per heavy atom. The van der Waals surface area contributed by atoms with Gasteiger partial charge >= 0.3 is 0 Å². The molecule has 0 bridgehead atoms. The monoisotopic (exact) mass is 313 g/mol. The molecule has 0 aliphatic rings. The van der Waals surface area contributed by atoms with Crippen LogP contribution in [-0.4, -0.2) is 16.9 Å². The summed E-state index contributed by atoms with van der Waals surface area (Å²) in [6.45, 7) is 1.78. The molecule has 0 amide bonds. The first-order valence-corrected chi connectivity index (χ1v) is 6.07. The standard InChI is InChI=1S/C12H13BrFN3O/c1-6-4-8(14)10(13)9(11(6)18-3)7-5-16-17(2)12(7)15/h4-5H,15H2,1-3H3. The molecule has 1 aromatic heterocycles. The highest BCUT2D eigenvalue weighted by molar-refractivity contribution is 9.10.